The van der Waals surface area contributed by atoms with Gasteiger partial charge >= 0.3 is 0 Å². The molecule has 1 atom stereocenters. The molecule has 0 amide bonds. The van der Waals surface area contributed by atoms with Crippen LogP contribution in [0.2, 0.25) is 0 Å². The number of sulfonamides is 1. The number of carbonyl (C=O) groups excluding carboxylic acids is 1. The van der Waals surface area contributed by atoms with Crippen LogP contribution in [0.1, 0.15) is 24.8 Å². The summed E-state index contributed by atoms with van der Waals surface area (Å²) >= 11 is 0. The van der Waals surface area contributed by atoms with Crippen LogP contribution < -0.4 is 0 Å². The van der Waals surface area contributed by atoms with Crippen LogP contribution in [-0.4, -0.2) is 32.1 Å². The Hall–Kier alpha value is -1.46. The van der Waals surface area contributed by atoms with Crippen molar-refractivity contribution in [2.24, 2.45) is 0 Å². The maximum atomic E-state index is 12.2. The molecular weight excluding hydrogens is 262 g/mol. The quantitative estimate of drug-likeness (QED) is 0.795. The van der Waals surface area contributed by atoms with Gasteiger partial charge in [-0.3, -0.25) is 4.79 Å². The first kappa shape index (κ1) is 14.0. The van der Waals surface area contributed by atoms with E-state index >= 15 is 0 Å². The summed E-state index contributed by atoms with van der Waals surface area (Å²) in [6.07, 6.45) is 3.57. The minimum Gasteiger partial charge on any atom is -0.295 e. The number of benzene rings is 1. The lowest BCUT2D eigenvalue weighted by molar-refractivity contribution is -0.115. The molecule has 1 heterocycles. The lowest BCUT2D eigenvalue weighted by Crippen LogP contribution is -2.37. The van der Waals surface area contributed by atoms with Crippen LogP contribution in [0.3, 0.4) is 0 Å². The highest BCUT2D eigenvalue weighted by Gasteiger charge is 2.34. The molecule has 0 fully saturated rings. The van der Waals surface area contributed by atoms with Gasteiger partial charge in [0.15, 0.2) is 5.78 Å². The lowest BCUT2D eigenvalue weighted by Gasteiger charge is -2.31. The zero-order valence-electron chi connectivity index (χ0n) is 11.0. The van der Waals surface area contributed by atoms with Crippen molar-refractivity contribution in [1.82, 2.24) is 4.31 Å². The standard InChI is InChI=1S/C14H17NO3S/c1-3-6-12(16)9-11-10-15(2)19(17,18)14-8-5-4-7-13(11)14/h3-8,11H,9-10H2,1-2H3/b6-3+. The number of fused-ring (bicyclic) bond motifs is 1. The van der Waals surface area contributed by atoms with E-state index < -0.39 is 10.0 Å². The largest absolute Gasteiger partial charge is 0.295 e. The van der Waals surface area contributed by atoms with Crippen molar-refractivity contribution in [3.8, 4) is 0 Å². The van der Waals surface area contributed by atoms with Gasteiger partial charge in [0, 0.05) is 25.9 Å². The summed E-state index contributed by atoms with van der Waals surface area (Å²) in [4.78, 5) is 12.1. The average Bonchev–Trinajstić information content (AvgIpc) is 2.37. The highest BCUT2D eigenvalue weighted by atomic mass is 32.2. The number of ketones is 1. The number of rotatable bonds is 3. The van der Waals surface area contributed by atoms with E-state index in [-0.39, 0.29) is 11.7 Å². The molecule has 1 aromatic rings. The van der Waals surface area contributed by atoms with Crippen LogP contribution in [0.25, 0.3) is 0 Å². The van der Waals surface area contributed by atoms with Gasteiger partial charge in [-0.25, -0.2) is 12.7 Å². The Morgan fingerprint density at radius 1 is 1.42 bits per heavy atom. The molecule has 0 N–H and O–H groups in total. The van der Waals surface area contributed by atoms with Crippen LogP contribution in [0, 0.1) is 0 Å². The number of likely N-dealkylation sites (N-methyl/N-ethyl adjacent to an activating group) is 1. The van der Waals surface area contributed by atoms with Crippen LogP contribution in [0.4, 0.5) is 0 Å². The molecule has 0 bridgehead atoms. The van der Waals surface area contributed by atoms with Gasteiger partial charge in [0.25, 0.3) is 0 Å². The summed E-state index contributed by atoms with van der Waals surface area (Å²) in [5, 5.41) is 0. The highest BCUT2D eigenvalue weighted by Crippen LogP contribution is 2.34. The molecule has 1 aliphatic rings. The Bertz CT molecular complexity index is 619. The molecule has 2 rings (SSSR count). The molecular formula is C14H17NO3S. The molecule has 0 aliphatic carbocycles. The molecule has 1 unspecified atom stereocenters. The normalized spacial score (nSPS) is 22.3. The fourth-order valence-electron chi connectivity index (χ4n) is 2.40. The maximum Gasteiger partial charge on any atom is 0.243 e. The van der Waals surface area contributed by atoms with Gasteiger partial charge in [-0.05, 0) is 24.6 Å². The molecule has 5 heteroatoms. The van der Waals surface area contributed by atoms with Crippen molar-refractivity contribution >= 4 is 15.8 Å². The fraction of sp³-hybridized carbons (Fsp3) is 0.357. The zero-order chi connectivity index (χ0) is 14.0. The van der Waals surface area contributed by atoms with Crippen LogP contribution in [-0.2, 0) is 14.8 Å². The lowest BCUT2D eigenvalue weighted by atomic mass is 9.93. The third-order valence-corrected chi connectivity index (χ3v) is 5.22. The molecule has 1 aliphatic heterocycles. The molecule has 1 aromatic carbocycles. The predicted molar refractivity (Wildman–Crippen MR) is 73.4 cm³/mol. The van der Waals surface area contributed by atoms with Crippen molar-refractivity contribution in [3.05, 3.63) is 42.0 Å². The van der Waals surface area contributed by atoms with Crippen LogP contribution in [0.5, 0.6) is 0 Å². The van der Waals surface area contributed by atoms with Crippen molar-refractivity contribution in [2.45, 2.75) is 24.2 Å². The smallest absolute Gasteiger partial charge is 0.243 e. The molecule has 0 spiro atoms. The van der Waals surface area contributed by atoms with E-state index in [1.807, 2.05) is 6.07 Å². The van der Waals surface area contributed by atoms with Gasteiger partial charge in [0.2, 0.25) is 10.0 Å². The third-order valence-electron chi connectivity index (χ3n) is 3.32. The van der Waals surface area contributed by atoms with Gasteiger partial charge in [0.1, 0.15) is 0 Å². The monoisotopic (exact) mass is 279 g/mol. The SMILES string of the molecule is C/C=C/C(=O)CC1CN(C)S(=O)(=O)c2ccccc21. The van der Waals surface area contributed by atoms with E-state index in [2.05, 4.69) is 0 Å². The summed E-state index contributed by atoms with van der Waals surface area (Å²) in [6, 6.07) is 6.92. The second-order valence-corrected chi connectivity index (χ2v) is 6.70. The summed E-state index contributed by atoms with van der Waals surface area (Å²) in [7, 11) is -1.84. The molecule has 0 aromatic heterocycles. The molecule has 102 valence electrons. The maximum absolute atomic E-state index is 12.2. The summed E-state index contributed by atoms with van der Waals surface area (Å²) in [5.74, 6) is -0.0524. The van der Waals surface area contributed by atoms with Crippen molar-refractivity contribution in [2.75, 3.05) is 13.6 Å². The second kappa shape index (κ2) is 5.27. The topological polar surface area (TPSA) is 54.5 Å². The highest BCUT2D eigenvalue weighted by molar-refractivity contribution is 7.89. The van der Waals surface area contributed by atoms with Gasteiger partial charge in [0.05, 0.1) is 4.90 Å². The van der Waals surface area contributed by atoms with E-state index in [1.54, 1.807) is 38.2 Å². The molecule has 4 nitrogen and oxygen atoms in total. The van der Waals surface area contributed by atoms with Crippen molar-refractivity contribution in [3.63, 3.8) is 0 Å². The predicted octanol–water partition coefficient (Wildman–Crippen LogP) is 1.94. The van der Waals surface area contributed by atoms with Crippen molar-refractivity contribution < 1.29 is 13.2 Å². The van der Waals surface area contributed by atoms with Gasteiger partial charge in [-0.15, -0.1) is 0 Å². The van der Waals surface area contributed by atoms with E-state index in [9.17, 15) is 13.2 Å². The van der Waals surface area contributed by atoms with Gasteiger partial charge in [-0.1, -0.05) is 24.3 Å². The van der Waals surface area contributed by atoms with E-state index in [1.165, 1.54) is 10.4 Å². The second-order valence-electron chi connectivity index (χ2n) is 4.69. The number of allylic oxidation sites excluding steroid dienone is 2. The summed E-state index contributed by atoms with van der Waals surface area (Å²) in [6.45, 7) is 2.14. The average molecular weight is 279 g/mol. The van der Waals surface area contributed by atoms with Crippen LogP contribution in [0.15, 0.2) is 41.3 Å². The minimum absolute atomic E-state index is 0.0231. The first-order chi connectivity index (χ1) is 8.96. The number of carbonyl (C=O) groups is 1. The molecule has 0 radical (unpaired) electrons. The molecule has 0 saturated carbocycles. The number of hydrogen-bond donors (Lipinski definition) is 0. The Morgan fingerprint density at radius 2 is 2.11 bits per heavy atom. The first-order valence-corrected chi connectivity index (χ1v) is 7.61. The van der Waals surface area contributed by atoms with Gasteiger partial charge in [-0.2, -0.15) is 0 Å². The Labute approximate surface area is 113 Å². The molecule has 19 heavy (non-hydrogen) atoms. The third kappa shape index (κ3) is 2.62. The van der Waals surface area contributed by atoms with E-state index in [0.717, 1.165) is 5.56 Å². The Balaban J connectivity index is 2.41. The Morgan fingerprint density at radius 3 is 2.79 bits per heavy atom. The number of hydrogen-bond acceptors (Lipinski definition) is 3. The minimum atomic E-state index is -3.40. The zero-order valence-corrected chi connectivity index (χ0v) is 11.9. The summed E-state index contributed by atoms with van der Waals surface area (Å²) < 4.78 is 25.7. The fourth-order valence-corrected chi connectivity index (χ4v) is 3.89. The molecule has 0 saturated heterocycles. The van der Waals surface area contributed by atoms with Crippen LogP contribution >= 0.6 is 0 Å². The van der Waals surface area contributed by atoms with Crippen molar-refractivity contribution in [1.29, 1.82) is 0 Å². The first-order valence-electron chi connectivity index (χ1n) is 6.17. The van der Waals surface area contributed by atoms with Gasteiger partial charge < -0.3 is 0 Å². The summed E-state index contributed by atoms with van der Waals surface area (Å²) in [5.41, 5.74) is 0.749. The van der Waals surface area contributed by atoms with E-state index in [4.69, 9.17) is 0 Å². The number of nitrogens with zero attached hydrogens (tertiary/aromatic N) is 1. The van der Waals surface area contributed by atoms with E-state index in [0.29, 0.717) is 17.9 Å². The Kier molecular flexibility index (Phi) is 3.87.